The van der Waals surface area contributed by atoms with Crippen molar-refractivity contribution in [1.29, 1.82) is 0 Å². The zero-order valence-electron chi connectivity index (χ0n) is 13.2. The lowest BCUT2D eigenvalue weighted by atomic mass is 10.2. The molecular weight excluding hydrogens is 282 g/mol. The van der Waals surface area contributed by atoms with Crippen LogP contribution in [0.25, 0.3) is 5.65 Å². The Bertz CT molecular complexity index is 682. The van der Waals surface area contributed by atoms with Crippen molar-refractivity contribution in [3.63, 3.8) is 0 Å². The molecule has 2 aromatic heterocycles. The highest BCUT2D eigenvalue weighted by Gasteiger charge is 2.24. The molecule has 1 saturated heterocycles. The Morgan fingerprint density at radius 2 is 2.32 bits per heavy atom. The third kappa shape index (κ3) is 2.84. The number of aromatic nitrogens is 2. The summed E-state index contributed by atoms with van der Waals surface area (Å²) in [4.78, 5) is 18.8. The average Bonchev–Trinajstić information content (AvgIpc) is 2.92. The van der Waals surface area contributed by atoms with Crippen LogP contribution in [0.2, 0.25) is 0 Å². The summed E-state index contributed by atoms with van der Waals surface area (Å²) in [6, 6.07) is 3.92. The van der Waals surface area contributed by atoms with Crippen molar-refractivity contribution in [3.05, 3.63) is 35.8 Å². The highest BCUT2D eigenvalue weighted by Crippen LogP contribution is 2.17. The molecule has 0 spiro atoms. The van der Waals surface area contributed by atoms with Crippen LogP contribution in [-0.2, 0) is 16.0 Å². The summed E-state index contributed by atoms with van der Waals surface area (Å²) in [5.74, 6) is -0.365. The van der Waals surface area contributed by atoms with Crippen molar-refractivity contribution in [2.24, 2.45) is 0 Å². The SMILES string of the molecule is COC(=O)c1cccn2cc(CN3CC(C)OCC3C)nc12. The van der Waals surface area contributed by atoms with Crippen molar-refractivity contribution >= 4 is 11.6 Å². The molecule has 0 bridgehead atoms. The van der Waals surface area contributed by atoms with Gasteiger partial charge < -0.3 is 13.9 Å². The van der Waals surface area contributed by atoms with E-state index in [2.05, 4.69) is 23.7 Å². The fraction of sp³-hybridized carbons (Fsp3) is 0.500. The molecule has 3 rings (SSSR count). The van der Waals surface area contributed by atoms with Gasteiger partial charge in [0.05, 0.1) is 25.5 Å². The van der Waals surface area contributed by atoms with Gasteiger partial charge in [-0.2, -0.15) is 0 Å². The molecule has 2 unspecified atom stereocenters. The number of esters is 1. The van der Waals surface area contributed by atoms with Crippen molar-refractivity contribution in [1.82, 2.24) is 14.3 Å². The molecule has 118 valence electrons. The molecule has 0 N–H and O–H groups in total. The van der Waals surface area contributed by atoms with Crippen molar-refractivity contribution in [2.45, 2.75) is 32.5 Å². The zero-order valence-corrected chi connectivity index (χ0v) is 13.2. The zero-order chi connectivity index (χ0) is 15.7. The summed E-state index contributed by atoms with van der Waals surface area (Å²) in [5.41, 5.74) is 2.07. The summed E-state index contributed by atoms with van der Waals surface area (Å²) >= 11 is 0. The molecule has 0 saturated carbocycles. The molecule has 0 amide bonds. The van der Waals surface area contributed by atoms with Crippen molar-refractivity contribution < 1.29 is 14.3 Å². The Morgan fingerprint density at radius 1 is 1.50 bits per heavy atom. The molecule has 2 aromatic rings. The van der Waals surface area contributed by atoms with Crippen molar-refractivity contribution in [2.75, 3.05) is 20.3 Å². The molecule has 1 aliphatic rings. The Kier molecular flexibility index (Phi) is 4.13. The van der Waals surface area contributed by atoms with Crippen LogP contribution in [0.1, 0.15) is 29.9 Å². The Balaban J connectivity index is 1.87. The summed E-state index contributed by atoms with van der Waals surface area (Å²) in [5, 5.41) is 0. The van der Waals surface area contributed by atoms with E-state index in [-0.39, 0.29) is 12.1 Å². The standard InChI is InChI=1S/C16H21N3O3/c1-11-10-22-12(2)7-19(11)9-13-8-18-6-4-5-14(15(18)17-13)16(20)21-3/h4-6,8,11-12H,7,9-10H2,1-3H3. The number of carbonyl (C=O) groups excluding carboxylic acids is 1. The molecule has 2 atom stereocenters. The van der Waals surface area contributed by atoms with Gasteiger partial charge in [-0.1, -0.05) is 0 Å². The first-order chi connectivity index (χ1) is 10.6. The van der Waals surface area contributed by atoms with E-state index in [1.165, 1.54) is 7.11 Å². The molecule has 0 aliphatic carbocycles. The second-order valence-electron chi connectivity index (χ2n) is 5.80. The number of imidazole rings is 1. The molecular formula is C16H21N3O3. The van der Waals surface area contributed by atoms with Crippen LogP contribution in [-0.4, -0.2) is 52.7 Å². The highest BCUT2D eigenvalue weighted by molar-refractivity contribution is 5.95. The number of carbonyl (C=O) groups is 1. The maximum atomic E-state index is 11.8. The fourth-order valence-corrected chi connectivity index (χ4v) is 2.81. The van der Waals surface area contributed by atoms with Crippen LogP contribution in [0.4, 0.5) is 0 Å². The van der Waals surface area contributed by atoms with E-state index in [9.17, 15) is 4.79 Å². The van der Waals surface area contributed by atoms with Crippen LogP contribution in [0.3, 0.4) is 0 Å². The van der Waals surface area contributed by atoms with Crippen LogP contribution in [0.5, 0.6) is 0 Å². The third-order valence-electron chi connectivity index (χ3n) is 4.04. The van der Waals surface area contributed by atoms with Crippen LogP contribution < -0.4 is 0 Å². The minimum absolute atomic E-state index is 0.235. The van der Waals surface area contributed by atoms with Crippen molar-refractivity contribution in [3.8, 4) is 0 Å². The van der Waals surface area contributed by atoms with Gasteiger partial charge in [0.1, 0.15) is 5.56 Å². The number of ether oxygens (including phenoxy) is 2. The first kappa shape index (κ1) is 15.0. The van der Waals surface area contributed by atoms with Gasteiger partial charge in [-0.3, -0.25) is 4.90 Å². The van der Waals surface area contributed by atoms with E-state index in [0.717, 1.165) is 25.4 Å². The molecule has 6 nitrogen and oxygen atoms in total. The first-order valence-electron chi connectivity index (χ1n) is 7.49. The maximum absolute atomic E-state index is 11.8. The molecule has 0 radical (unpaired) electrons. The molecule has 1 aliphatic heterocycles. The summed E-state index contributed by atoms with van der Waals surface area (Å²) in [7, 11) is 1.38. The van der Waals surface area contributed by atoms with Crippen LogP contribution in [0.15, 0.2) is 24.5 Å². The lowest BCUT2D eigenvalue weighted by Crippen LogP contribution is -2.46. The summed E-state index contributed by atoms with van der Waals surface area (Å²) in [6.45, 7) is 6.61. The first-order valence-corrected chi connectivity index (χ1v) is 7.49. The quantitative estimate of drug-likeness (QED) is 0.808. The normalized spacial score (nSPS) is 22.9. The molecule has 3 heterocycles. The molecule has 6 heteroatoms. The number of morpholine rings is 1. The van der Waals surface area contributed by atoms with Crippen LogP contribution in [0, 0.1) is 0 Å². The van der Waals surface area contributed by atoms with E-state index in [0.29, 0.717) is 17.3 Å². The number of rotatable bonds is 3. The summed E-state index contributed by atoms with van der Waals surface area (Å²) in [6.07, 6.45) is 4.09. The smallest absolute Gasteiger partial charge is 0.341 e. The Morgan fingerprint density at radius 3 is 3.09 bits per heavy atom. The Hall–Kier alpha value is -1.92. The second-order valence-corrected chi connectivity index (χ2v) is 5.80. The number of pyridine rings is 1. The molecule has 1 fully saturated rings. The largest absolute Gasteiger partial charge is 0.465 e. The lowest BCUT2D eigenvalue weighted by molar-refractivity contribution is -0.0530. The second kappa shape index (κ2) is 6.06. The predicted molar refractivity (Wildman–Crippen MR) is 81.8 cm³/mol. The topological polar surface area (TPSA) is 56.1 Å². The van der Waals surface area contributed by atoms with E-state index in [1.54, 1.807) is 6.07 Å². The van der Waals surface area contributed by atoms with Gasteiger partial charge in [0.25, 0.3) is 0 Å². The van der Waals surface area contributed by atoms with Gasteiger partial charge >= 0.3 is 5.97 Å². The summed E-state index contributed by atoms with van der Waals surface area (Å²) < 4.78 is 12.3. The number of hydrogen-bond donors (Lipinski definition) is 0. The predicted octanol–water partition coefficient (Wildman–Crippen LogP) is 1.73. The molecule has 0 aromatic carbocycles. The number of methoxy groups -OCH3 is 1. The third-order valence-corrected chi connectivity index (χ3v) is 4.04. The van der Waals surface area contributed by atoms with E-state index in [1.807, 2.05) is 22.9 Å². The number of fused-ring (bicyclic) bond motifs is 1. The van der Waals surface area contributed by atoms with E-state index >= 15 is 0 Å². The minimum atomic E-state index is -0.365. The Labute approximate surface area is 129 Å². The highest BCUT2D eigenvalue weighted by atomic mass is 16.5. The van der Waals surface area contributed by atoms with Gasteiger partial charge in [-0.25, -0.2) is 9.78 Å². The van der Waals surface area contributed by atoms with Gasteiger partial charge in [-0.05, 0) is 26.0 Å². The van der Waals surface area contributed by atoms with Crippen LogP contribution >= 0.6 is 0 Å². The van der Waals surface area contributed by atoms with E-state index < -0.39 is 0 Å². The monoisotopic (exact) mass is 303 g/mol. The molecule has 22 heavy (non-hydrogen) atoms. The fourth-order valence-electron chi connectivity index (χ4n) is 2.81. The van der Waals surface area contributed by atoms with Gasteiger partial charge in [0.2, 0.25) is 0 Å². The average molecular weight is 303 g/mol. The lowest BCUT2D eigenvalue weighted by Gasteiger charge is -2.36. The van der Waals surface area contributed by atoms with E-state index in [4.69, 9.17) is 9.47 Å². The van der Waals surface area contributed by atoms with Gasteiger partial charge in [0, 0.05) is 31.5 Å². The minimum Gasteiger partial charge on any atom is -0.465 e. The van der Waals surface area contributed by atoms with Gasteiger partial charge in [-0.15, -0.1) is 0 Å². The number of nitrogens with zero attached hydrogens (tertiary/aromatic N) is 3. The number of hydrogen-bond acceptors (Lipinski definition) is 5. The maximum Gasteiger partial charge on any atom is 0.341 e. The van der Waals surface area contributed by atoms with Gasteiger partial charge in [0.15, 0.2) is 5.65 Å².